The van der Waals surface area contributed by atoms with Gasteiger partial charge in [-0.3, -0.25) is 9.59 Å². The van der Waals surface area contributed by atoms with E-state index >= 15 is 0 Å². The minimum Gasteiger partial charge on any atom is -0.423 e. The summed E-state index contributed by atoms with van der Waals surface area (Å²) in [6, 6.07) is 43.4. The molecule has 0 unspecified atom stereocenters. The lowest BCUT2D eigenvalue weighted by Crippen LogP contribution is -2.38. The van der Waals surface area contributed by atoms with E-state index in [-0.39, 0.29) is 50.3 Å². The Bertz CT molecular complexity index is 5060. The second kappa shape index (κ2) is 53.4. The van der Waals surface area contributed by atoms with E-state index in [4.69, 9.17) is 29.7 Å². The van der Waals surface area contributed by atoms with E-state index in [0.29, 0.717) is 123 Å². The summed E-state index contributed by atoms with van der Waals surface area (Å²) >= 11 is 28.6. The van der Waals surface area contributed by atoms with Gasteiger partial charge in [0.25, 0.3) is 17.6 Å². The monoisotopic (exact) mass is 2190 g/mol. The van der Waals surface area contributed by atoms with Crippen molar-refractivity contribution in [2.45, 2.75) is 91.3 Å². The summed E-state index contributed by atoms with van der Waals surface area (Å²) in [5, 5.41) is 69.3. The summed E-state index contributed by atoms with van der Waals surface area (Å²) in [5.74, 6) is 0.905. The number of ether oxygens (including phenoxy) is 2. The summed E-state index contributed by atoms with van der Waals surface area (Å²) in [7, 11) is -1.87. The Morgan fingerprint density at radius 3 is 1.44 bits per heavy atom. The number of carbonyl (C=O) groups excluding carboxylic acids is 2. The maximum Gasteiger partial charge on any atom is 0.488 e. The summed E-state index contributed by atoms with van der Waals surface area (Å²) in [4.78, 5) is 55.7. The van der Waals surface area contributed by atoms with Crippen molar-refractivity contribution in [3.05, 3.63) is 252 Å². The molecule has 119 heavy (non-hydrogen) atoms. The van der Waals surface area contributed by atoms with Crippen molar-refractivity contribution in [3.63, 3.8) is 0 Å². The fourth-order valence-electron chi connectivity index (χ4n) is 9.56. The molecule has 0 bridgehead atoms. The second-order valence-electron chi connectivity index (χ2n) is 23.8. The molecule has 0 fully saturated rings. The minimum atomic E-state index is -4.46. The number of amides is 2. The molecule has 634 valence electrons. The van der Waals surface area contributed by atoms with Crippen LogP contribution in [0.1, 0.15) is 82.8 Å². The molecular formula is C75H78BBr8F6N18O9S2+. The Morgan fingerprint density at radius 1 is 0.529 bits per heavy atom. The highest BCUT2D eigenvalue weighted by molar-refractivity contribution is 9.11. The molecule has 27 nitrogen and oxygen atoms in total. The van der Waals surface area contributed by atoms with Gasteiger partial charge in [-0.25, -0.2) is 34.0 Å². The average Bonchev–Trinajstić information content (AvgIpc) is 1.66. The molecule has 9 N–H and O–H groups in total. The van der Waals surface area contributed by atoms with Crippen molar-refractivity contribution in [2.24, 2.45) is 0 Å². The van der Waals surface area contributed by atoms with Gasteiger partial charge >= 0.3 is 25.3 Å². The number of thiazole rings is 2. The Hall–Kier alpha value is -7.51. The molecule has 0 saturated carbocycles. The third kappa shape index (κ3) is 36.2. The van der Waals surface area contributed by atoms with Crippen LogP contribution in [0.4, 0.5) is 37.7 Å². The minimum absolute atomic E-state index is 0. The highest BCUT2D eigenvalue weighted by Crippen LogP contribution is 2.33. The molecule has 44 heteroatoms. The van der Waals surface area contributed by atoms with E-state index in [2.05, 4.69) is 223 Å². The third-order valence-corrected chi connectivity index (χ3v) is 19.8. The molecule has 6 aromatic carbocycles. The summed E-state index contributed by atoms with van der Waals surface area (Å²) in [6.07, 6.45) is -3.52. The largest absolute Gasteiger partial charge is 0.488 e. The van der Waals surface area contributed by atoms with Crippen molar-refractivity contribution in [1.29, 1.82) is 0 Å². The number of aryl methyl sites for hydroxylation is 4. The summed E-state index contributed by atoms with van der Waals surface area (Å²) in [5.41, 5.74) is 7.62. The van der Waals surface area contributed by atoms with E-state index in [1.807, 2.05) is 48.5 Å². The third-order valence-electron chi connectivity index (χ3n) is 15.1. The van der Waals surface area contributed by atoms with Gasteiger partial charge in [0, 0.05) is 97.7 Å². The number of benzene rings is 6. The number of carbonyl (C=O) groups is 2. The number of nitrogens with one attached hydrogen (secondary N) is 4. The first kappa shape index (κ1) is 100. The quantitative estimate of drug-likeness (QED) is 0.00723. The number of hydrogen-bond acceptors (Lipinski definition) is 21. The first-order valence-corrected chi connectivity index (χ1v) is 43.6. The topological polar surface area (TPSA) is 357 Å². The highest BCUT2D eigenvalue weighted by Gasteiger charge is 2.33. The molecule has 0 atom stereocenters. The Balaban J connectivity index is 0.000000227. The van der Waals surface area contributed by atoms with Crippen molar-refractivity contribution in [3.8, 4) is 34.2 Å². The van der Waals surface area contributed by atoms with Crippen LogP contribution in [0.3, 0.4) is 0 Å². The number of aromatic nitrogens is 16. The number of alkyl halides is 7. The smallest absolute Gasteiger partial charge is 0.423 e. The number of nitrogens with zero attached hydrogens (tertiary/aromatic N) is 14. The first-order valence-electron chi connectivity index (χ1n) is 35.1. The SMILES string of the molecule is BrCCCOCc1ccccc1.Brc1cnc(Br)[nH]1.Brc1nc(Br)n(CCCOCc2ccccc2)n1.C.O=C(Nc1ccc(-c2nc(-c3cccc(C(F)(F)F)c3)[nH][n+]2CCCO)cc1)c1cscn1.O=C(Nc1ccc(-c2nc(Br)nn2CCCO)cc1)c1cscn1.OB(O)c1cccc(C(F)(F)F)c1.OCCCn1nc(Br)nc1Br. The van der Waals surface area contributed by atoms with Crippen LogP contribution in [-0.2, 0) is 61.2 Å². The van der Waals surface area contributed by atoms with Crippen LogP contribution in [0, 0.1) is 0 Å². The van der Waals surface area contributed by atoms with Gasteiger partial charge in [-0.2, -0.15) is 46.1 Å². The Morgan fingerprint density at radius 2 is 1.00 bits per heavy atom. The molecule has 0 aliphatic carbocycles. The Kier molecular flexibility index (Phi) is 45.0. The zero-order valence-corrected chi connectivity index (χ0v) is 76.1. The van der Waals surface area contributed by atoms with Crippen LogP contribution in [0.2, 0.25) is 0 Å². The van der Waals surface area contributed by atoms with E-state index in [9.17, 15) is 41.0 Å². The van der Waals surface area contributed by atoms with Crippen LogP contribution < -0.4 is 20.8 Å². The molecule has 2 amide bonds. The molecule has 13 aromatic rings. The van der Waals surface area contributed by atoms with Gasteiger partial charge in [-0.05, 0) is 225 Å². The number of halogens is 14. The number of rotatable bonds is 28. The predicted octanol–water partition coefficient (Wildman–Crippen LogP) is 17.5. The predicted molar refractivity (Wildman–Crippen MR) is 471 cm³/mol. The van der Waals surface area contributed by atoms with E-state index in [1.165, 1.54) is 45.9 Å². The second-order valence-corrected chi connectivity index (χ2v) is 31.2. The zero-order chi connectivity index (χ0) is 85.4. The number of anilines is 2. The lowest BCUT2D eigenvalue weighted by Gasteiger charge is -2.07. The molecule has 0 radical (unpaired) electrons. The van der Waals surface area contributed by atoms with E-state index < -0.39 is 30.6 Å². The zero-order valence-electron chi connectivity index (χ0n) is 61.7. The van der Waals surface area contributed by atoms with Crippen molar-refractivity contribution in [2.75, 3.05) is 49.0 Å². The average molecular weight is 2200 g/mol. The van der Waals surface area contributed by atoms with Gasteiger partial charge in [0.15, 0.2) is 20.0 Å². The number of imidazole rings is 1. The Labute approximate surface area is 755 Å². The normalized spacial score (nSPS) is 10.8. The molecule has 0 aliphatic rings. The number of hydrogen-bond donors (Lipinski definition) is 9. The molecule has 13 rings (SSSR count). The summed E-state index contributed by atoms with van der Waals surface area (Å²) in [6.45, 7) is 5.57. The van der Waals surface area contributed by atoms with Gasteiger partial charge in [-0.1, -0.05) is 114 Å². The fourth-order valence-corrected chi connectivity index (χ4v) is 14.1. The van der Waals surface area contributed by atoms with Crippen LogP contribution >= 0.6 is 150 Å². The lowest BCUT2D eigenvalue weighted by molar-refractivity contribution is -0.740. The van der Waals surface area contributed by atoms with E-state index in [0.717, 1.165) is 81.8 Å². The van der Waals surface area contributed by atoms with Crippen LogP contribution in [0.15, 0.2) is 219 Å². The van der Waals surface area contributed by atoms with Crippen LogP contribution in [-0.4, -0.2) is 157 Å². The van der Waals surface area contributed by atoms with Crippen LogP contribution in [0.25, 0.3) is 34.2 Å². The van der Waals surface area contributed by atoms with Crippen molar-refractivity contribution in [1.82, 2.24) is 74.3 Å². The number of aliphatic hydroxyl groups excluding tert-OH is 3. The van der Waals surface area contributed by atoms with Gasteiger partial charge in [0.05, 0.1) is 47.1 Å². The number of aromatic amines is 2. The molecule has 0 saturated heterocycles. The standard InChI is InChI=1S/C22H18F3N5O2S.C15H14BrN5O2S.C12H13Br2N3O.C10H13BrO.C7H6BF3O2.C5H7Br2N3O.C3H2Br2N2.CH4/c23-22(24,25)16-4-1-3-15(11-16)19-28-20(30(29-19)9-2-10-31)14-5-7-17(8-6-14)27-21(32)18-12-33-13-26-18;16-15-19-13(21(20-15)6-1-7-22)10-2-4-11(5-3-10)18-14(23)12-8-24-9-17-12;13-11-15-12(14)17(16-11)7-4-8-18-9-10-5-2-1-3-6-10;11-7-4-8-12-9-10-5-2-1-3-6-10;9-7(10,11)5-2-1-3-6(4-5)8(12)13;6-4-8-5(7)10(9-4)2-1-3-11;4-2-1-6-3(5)7-2;/h1,3-8,11-13,31H,2,9-10H2,(H,27,28,29,32);2-5,8-9,22H,1,6-7H2,(H,18,23);1-3,5-6H,4,7-9H2;1-3,5-6H,4,7-9H2;1-4,12-13H;11H,1-3H2;1H,(H,6,7);1H4/p+1. The van der Waals surface area contributed by atoms with Gasteiger partial charge in [-0.15, -0.1) is 38.0 Å². The van der Waals surface area contributed by atoms with Gasteiger partial charge < -0.3 is 50.5 Å². The molecule has 7 aromatic heterocycles. The maximum absolute atomic E-state index is 13.1. The van der Waals surface area contributed by atoms with Crippen molar-refractivity contribution < 1.29 is 75.5 Å². The number of aliphatic hydroxyl groups is 3. The van der Waals surface area contributed by atoms with Crippen LogP contribution in [0.5, 0.6) is 0 Å². The maximum atomic E-state index is 13.1. The lowest BCUT2D eigenvalue weighted by atomic mass is 9.79. The molecule has 7 heterocycles. The van der Waals surface area contributed by atoms with Gasteiger partial charge in [0.2, 0.25) is 14.2 Å². The molecule has 0 spiro atoms. The van der Waals surface area contributed by atoms with E-state index in [1.54, 1.807) is 89.2 Å². The molecule has 0 aliphatic heterocycles. The van der Waals surface area contributed by atoms with Crippen molar-refractivity contribution >= 4 is 186 Å². The summed E-state index contributed by atoms with van der Waals surface area (Å²) < 4.78 is 98.2. The highest BCUT2D eigenvalue weighted by atomic mass is 79.9. The van der Waals surface area contributed by atoms with Gasteiger partial charge in [0.1, 0.15) is 22.5 Å². The number of H-pyrrole nitrogens is 2. The molecular weight excluding hydrogens is 2130 g/mol. The fraction of sp³-hybridized carbons (Fsp3) is 0.267. The first-order chi connectivity index (χ1) is 56.6.